The summed E-state index contributed by atoms with van der Waals surface area (Å²) in [6, 6.07) is 5.94. The molecule has 1 unspecified atom stereocenters. The average molecular weight is 525 g/mol. The number of rotatable bonds is 7. The molecule has 0 aromatic carbocycles. The quantitative estimate of drug-likeness (QED) is 0.472. The highest BCUT2D eigenvalue weighted by Gasteiger charge is 2.37. The van der Waals surface area contributed by atoms with E-state index in [1.54, 1.807) is 12.3 Å². The molecule has 1 saturated heterocycles. The molecule has 206 valence electrons. The maximum atomic E-state index is 12.9. The SMILES string of the molecule is COC(=O)c1ncc(OC(CN2C[C@@H](C)N(C(=O)OC(C)(C)C)[C@@H](C)C2)c2ccc(C3CC3)cn2)cc1C. The van der Waals surface area contributed by atoms with Gasteiger partial charge in [0.1, 0.15) is 11.4 Å². The first-order valence-electron chi connectivity index (χ1n) is 13.4. The molecule has 2 aromatic rings. The summed E-state index contributed by atoms with van der Waals surface area (Å²) >= 11 is 0. The van der Waals surface area contributed by atoms with Crippen molar-refractivity contribution in [1.82, 2.24) is 19.8 Å². The standard InChI is InChI=1S/C29H40N4O5/c1-18-12-23(14-31-26(18)27(34)36-7)37-25(24-11-10-22(13-30-24)21-8-9-21)17-32-15-19(2)33(20(3)16-32)28(35)38-29(4,5)6/h10-14,19-21,25H,8-9,15-17H2,1-7H3/t19-,20+,25?. The number of esters is 1. The van der Waals surface area contributed by atoms with Gasteiger partial charge in [-0.25, -0.2) is 14.6 Å². The number of piperazine rings is 1. The molecule has 38 heavy (non-hydrogen) atoms. The Bertz CT molecular complexity index is 1130. The molecule has 1 saturated carbocycles. The summed E-state index contributed by atoms with van der Waals surface area (Å²) in [5, 5.41) is 0. The zero-order valence-electron chi connectivity index (χ0n) is 23.6. The summed E-state index contributed by atoms with van der Waals surface area (Å²) in [7, 11) is 1.34. The molecule has 1 aliphatic carbocycles. The molecule has 9 heteroatoms. The minimum Gasteiger partial charge on any atom is -0.481 e. The molecule has 3 heterocycles. The third-order valence-electron chi connectivity index (χ3n) is 6.92. The van der Waals surface area contributed by atoms with E-state index in [-0.39, 0.29) is 30.0 Å². The zero-order valence-corrected chi connectivity index (χ0v) is 23.6. The van der Waals surface area contributed by atoms with Crippen LogP contribution >= 0.6 is 0 Å². The lowest BCUT2D eigenvalue weighted by Gasteiger charge is -2.45. The first kappa shape index (κ1) is 27.8. The Morgan fingerprint density at radius 1 is 1.08 bits per heavy atom. The van der Waals surface area contributed by atoms with Crippen LogP contribution in [0.4, 0.5) is 4.79 Å². The topological polar surface area (TPSA) is 94.1 Å². The molecule has 0 bridgehead atoms. The van der Waals surface area contributed by atoms with Crippen molar-refractivity contribution >= 4 is 12.1 Å². The van der Waals surface area contributed by atoms with Crippen molar-refractivity contribution in [3.05, 3.63) is 53.1 Å². The van der Waals surface area contributed by atoms with Crippen molar-refractivity contribution in [2.45, 2.75) is 84.1 Å². The van der Waals surface area contributed by atoms with Gasteiger partial charge in [0.25, 0.3) is 0 Å². The van der Waals surface area contributed by atoms with E-state index in [1.807, 2.05) is 58.7 Å². The molecular formula is C29H40N4O5. The molecule has 1 aliphatic heterocycles. The van der Waals surface area contributed by atoms with Gasteiger partial charge in [-0.3, -0.25) is 9.88 Å². The van der Waals surface area contributed by atoms with Crippen molar-refractivity contribution < 1.29 is 23.8 Å². The molecule has 3 atom stereocenters. The number of methoxy groups -OCH3 is 1. The second-order valence-electron chi connectivity index (χ2n) is 11.5. The molecule has 1 amide bonds. The van der Waals surface area contributed by atoms with E-state index in [0.29, 0.717) is 36.9 Å². The van der Waals surface area contributed by atoms with Crippen molar-refractivity contribution in [2.24, 2.45) is 0 Å². The molecular weight excluding hydrogens is 484 g/mol. The molecule has 4 rings (SSSR count). The van der Waals surface area contributed by atoms with Crippen molar-refractivity contribution in [3.63, 3.8) is 0 Å². The number of amides is 1. The van der Waals surface area contributed by atoms with Crippen LogP contribution in [0.25, 0.3) is 0 Å². The molecule has 0 radical (unpaired) electrons. The Balaban J connectivity index is 1.52. The predicted octanol–water partition coefficient (Wildman–Crippen LogP) is 4.90. The van der Waals surface area contributed by atoms with E-state index in [0.717, 1.165) is 5.69 Å². The Morgan fingerprint density at radius 3 is 2.29 bits per heavy atom. The van der Waals surface area contributed by atoms with Gasteiger partial charge in [0, 0.05) is 37.9 Å². The molecule has 9 nitrogen and oxygen atoms in total. The first-order valence-corrected chi connectivity index (χ1v) is 13.4. The van der Waals surface area contributed by atoms with E-state index in [9.17, 15) is 9.59 Å². The first-order chi connectivity index (χ1) is 17.9. The molecule has 2 aliphatic rings. The van der Waals surface area contributed by atoms with Crippen molar-refractivity contribution in [3.8, 4) is 5.75 Å². The van der Waals surface area contributed by atoms with Crippen LogP contribution in [0.5, 0.6) is 5.75 Å². The highest BCUT2D eigenvalue weighted by Crippen LogP contribution is 2.40. The fourth-order valence-corrected chi connectivity index (χ4v) is 5.03. The zero-order chi connectivity index (χ0) is 27.6. The number of nitrogens with zero attached hydrogens (tertiary/aromatic N) is 4. The third kappa shape index (κ3) is 6.81. The van der Waals surface area contributed by atoms with Crippen LogP contribution < -0.4 is 4.74 Å². The van der Waals surface area contributed by atoms with Gasteiger partial charge in [0.2, 0.25) is 0 Å². The maximum absolute atomic E-state index is 12.9. The van der Waals surface area contributed by atoms with E-state index in [1.165, 1.54) is 25.5 Å². The van der Waals surface area contributed by atoms with E-state index < -0.39 is 11.6 Å². The number of carbonyl (C=O) groups is 2. The molecule has 0 N–H and O–H groups in total. The smallest absolute Gasteiger partial charge is 0.410 e. The van der Waals surface area contributed by atoms with Gasteiger partial charge in [0.05, 0.1) is 19.0 Å². The lowest BCUT2D eigenvalue weighted by Crippen LogP contribution is -2.59. The summed E-state index contributed by atoms with van der Waals surface area (Å²) in [6.07, 6.45) is 5.30. The maximum Gasteiger partial charge on any atom is 0.410 e. The third-order valence-corrected chi connectivity index (χ3v) is 6.92. The minimum atomic E-state index is -0.541. The number of aromatic nitrogens is 2. The van der Waals surface area contributed by atoms with Gasteiger partial charge in [-0.05, 0) is 83.6 Å². The van der Waals surface area contributed by atoms with Crippen LogP contribution in [0.2, 0.25) is 0 Å². The Morgan fingerprint density at radius 2 is 1.76 bits per heavy atom. The van der Waals surface area contributed by atoms with E-state index >= 15 is 0 Å². The molecule has 0 spiro atoms. The fraction of sp³-hybridized carbons (Fsp3) is 0.586. The van der Waals surface area contributed by atoms with Gasteiger partial charge >= 0.3 is 12.1 Å². The van der Waals surface area contributed by atoms with Crippen molar-refractivity contribution in [1.29, 1.82) is 0 Å². The van der Waals surface area contributed by atoms with Crippen LogP contribution in [0.1, 0.15) is 86.8 Å². The summed E-state index contributed by atoms with van der Waals surface area (Å²) in [5.41, 5.74) is 2.50. The van der Waals surface area contributed by atoms with Gasteiger partial charge in [-0.15, -0.1) is 0 Å². The normalized spacial score (nSPS) is 21.1. The van der Waals surface area contributed by atoms with Gasteiger partial charge in [0.15, 0.2) is 11.8 Å². The van der Waals surface area contributed by atoms with Gasteiger partial charge in [-0.2, -0.15) is 0 Å². The Kier molecular flexibility index (Phi) is 8.25. The van der Waals surface area contributed by atoms with E-state index in [4.69, 9.17) is 19.2 Å². The lowest BCUT2D eigenvalue weighted by atomic mass is 10.1. The predicted molar refractivity (Wildman–Crippen MR) is 143 cm³/mol. The Hall–Kier alpha value is -3.20. The lowest BCUT2D eigenvalue weighted by molar-refractivity contribution is -0.0204. The van der Waals surface area contributed by atoms with Crippen LogP contribution in [0.3, 0.4) is 0 Å². The Labute approximate surface area is 225 Å². The highest BCUT2D eigenvalue weighted by atomic mass is 16.6. The molecule has 2 fully saturated rings. The number of aryl methyl sites for hydroxylation is 1. The summed E-state index contributed by atoms with van der Waals surface area (Å²) < 4.78 is 16.9. The van der Waals surface area contributed by atoms with Crippen LogP contribution in [0, 0.1) is 6.92 Å². The average Bonchev–Trinajstić information content (AvgIpc) is 3.67. The summed E-state index contributed by atoms with van der Waals surface area (Å²) in [5.74, 6) is 0.701. The van der Waals surface area contributed by atoms with Gasteiger partial charge in [-0.1, -0.05) is 6.07 Å². The largest absolute Gasteiger partial charge is 0.481 e. The number of hydrogen-bond donors (Lipinski definition) is 0. The summed E-state index contributed by atoms with van der Waals surface area (Å²) in [6.45, 7) is 13.5. The number of pyridine rings is 2. The molecule has 2 aromatic heterocycles. The number of hydrogen-bond acceptors (Lipinski definition) is 8. The monoisotopic (exact) mass is 524 g/mol. The van der Waals surface area contributed by atoms with Crippen LogP contribution in [-0.4, -0.2) is 76.3 Å². The van der Waals surface area contributed by atoms with E-state index in [2.05, 4.69) is 16.0 Å². The summed E-state index contributed by atoms with van der Waals surface area (Å²) in [4.78, 5) is 38.0. The fourth-order valence-electron chi connectivity index (χ4n) is 5.03. The van der Waals surface area contributed by atoms with Crippen LogP contribution in [0.15, 0.2) is 30.6 Å². The second kappa shape index (κ2) is 11.3. The minimum absolute atomic E-state index is 0.0253. The van der Waals surface area contributed by atoms with Crippen LogP contribution in [-0.2, 0) is 9.47 Å². The van der Waals surface area contributed by atoms with Gasteiger partial charge < -0.3 is 19.1 Å². The number of carbonyl (C=O) groups excluding carboxylic acids is 2. The van der Waals surface area contributed by atoms with Crippen molar-refractivity contribution in [2.75, 3.05) is 26.7 Å². The highest BCUT2D eigenvalue weighted by molar-refractivity contribution is 5.88. The second-order valence-corrected chi connectivity index (χ2v) is 11.5. The number of ether oxygens (including phenoxy) is 3.